The summed E-state index contributed by atoms with van der Waals surface area (Å²) in [4.78, 5) is 0. The van der Waals surface area contributed by atoms with E-state index in [9.17, 15) is 0 Å². The van der Waals surface area contributed by atoms with Crippen molar-refractivity contribution in [2.75, 3.05) is 0 Å². The Hall–Kier alpha value is -1.27. The number of halogens is 1. The summed E-state index contributed by atoms with van der Waals surface area (Å²) < 4.78 is 0. The van der Waals surface area contributed by atoms with E-state index in [4.69, 9.17) is 11.6 Å². The molecular weight excluding hydrogens is 216 g/mol. The Kier molecular flexibility index (Phi) is 3.63. The molecule has 2 atom stereocenters. The van der Waals surface area contributed by atoms with Crippen LogP contribution in [-0.4, -0.2) is 0 Å². The molecule has 0 unspecified atom stereocenters. The average molecular weight is 231 g/mol. The lowest BCUT2D eigenvalue weighted by Gasteiger charge is -2.18. The van der Waals surface area contributed by atoms with Crippen LogP contribution < -0.4 is 0 Å². The highest BCUT2D eigenvalue weighted by molar-refractivity contribution is 6.21. The van der Waals surface area contributed by atoms with Gasteiger partial charge in [-0.1, -0.05) is 67.6 Å². The molecule has 0 aliphatic carbocycles. The van der Waals surface area contributed by atoms with Gasteiger partial charge in [0.25, 0.3) is 0 Å². The molecule has 16 heavy (non-hydrogen) atoms. The van der Waals surface area contributed by atoms with Crippen LogP contribution in [0.15, 0.2) is 60.7 Å². The lowest BCUT2D eigenvalue weighted by Crippen LogP contribution is -2.02. The van der Waals surface area contributed by atoms with Crippen molar-refractivity contribution in [3.63, 3.8) is 0 Å². The lowest BCUT2D eigenvalue weighted by molar-refractivity contribution is 0.732. The van der Waals surface area contributed by atoms with Gasteiger partial charge in [0.05, 0.1) is 5.38 Å². The van der Waals surface area contributed by atoms with Crippen LogP contribution in [-0.2, 0) is 0 Å². The summed E-state index contributed by atoms with van der Waals surface area (Å²) >= 11 is 6.49. The summed E-state index contributed by atoms with van der Waals surface area (Å²) in [6.45, 7) is 2.17. The van der Waals surface area contributed by atoms with E-state index in [0.29, 0.717) is 5.92 Å². The molecule has 0 heterocycles. The Labute approximate surface area is 102 Å². The molecule has 0 spiro atoms. The second kappa shape index (κ2) is 5.18. The summed E-state index contributed by atoms with van der Waals surface area (Å²) in [7, 11) is 0. The van der Waals surface area contributed by atoms with Crippen LogP contribution in [0.2, 0.25) is 0 Å². The second-order valence-corrected chi connectivity index (χ2v) is 4.48. The summed E-state index contributed by atoms with van der Waals surface area (Å²) in [5.41, 5.74) is 2.46. The summed E-state index contributed by atoms with van der Waals surface area (Å²) in [6.07, 6.45) is 0. The van der Waals surface area contributed by atoms with E-state index in [1.54, 1.807) is 0 Å². The first kappa shape index (κ1) is 11.2. The fraction of sp³-hybridized carbons (Fsp3) is 0.200. The predicted molar refractivity (Wildman–Crippen MR) is 69.9 cm³/mol. The maximum absolute atomic E-state index is 6.49. The Morgan fingerprint density at radius 2 is 1.19 bits per heavy atom. The first-order chi connectivity index (χ1) is 7.79. The highest BCUT2D eigenvalue weighted by Gasteiger charge is 2.17. The molecule has 1 heteroatoms. The zero-order chi connectivity index (χ0) is 11.4. The van der Waals surface area contributed by atoms with Gasteiger partial charge in [0.2, 0.25) is 0 Å². The minimum absolute atomic E-state index is 0.0311. The molecule has 0 saturated carbocycles. The van der Waals surface area contributed by atoms with E-state index >= 15 is 0 Å². The van der Waals surface area contributed by atoms with Crippen molar-refractivity contribution >= 4 is 11.6 Å². The maximum Gasteiger partial charge on any atom is 0.0651 e. The summed E-state index contributed by atoms with van der Waals surface area (Å²) in [5.74, 6) is 0.324. The van der Waals surface area contributed by atoms with Gasteiger partial charge in [0.1, 0.15) is 0 Å². The van der Waals surface area contributed by atoms with Crippen LogP contribution in [0.5, 0.6) is 0 Å². The molecule has 0 fully saturated rings. The van der Waals surface area contributed by atoms with Crippen molar-refractivity contribution in [2.24, 2.45) is 0 Å². The van der Waals surface area contributed by atoms with Crippen LogP contribution in [0.1, 0.15) is 29.3 Å². The Morgan fingerprint density at radius 3 is 1.69 bits per heavy atom. The van der Waals surface area contributed by atoms with Gasteiger partial charge in [-0.15, -0.1) is 11.6 Å². The molecule has 0 aliphatic rings. The molecule has 82 valence electrons. The minimum Gasteiger partial charge on any atom is -0.117 e. The number of hydrogen-bond donors (Lipinski definition) is 0. The van der Waals surface area contributed by atoms with Crippen molar-refractivity contribution in [2.45, 2.75) is 18.2 Å². The van der Waals surface area contributed by atoms with E-state index in [1.807, 2.05) is 24.3 Å². The van der Waals surface area contributed by atoms with Gasteiger partial charge in [-0.05, 0) is 11.1 Å². The third-order valence-electron chi connectivity index (χ3n) is 2.88. The van der Waals surface area contributed by atoms with E-state index in [-0.39, 0.29) is 5.38 Å². The number of benzene rings is 2. The van der Waals surface area contributed by atoms with E-state index in [0.717, 1.165) is 0 Å². The molecule has 0 bridgehead atoms. The van der Waals surface area contributed by atoms with Crippen LogP contribution in [0.3, 0.4) is 0 Å². The van der Waals surface area contributed by atoms with E-state index < -0.39 is 0 Å². The predicted octanol–water partition coefficient (Wildman–Crippen LogP) is 4.77. The van der Waals surface area contributed by atoms with Gasteiger partial charge in [-0.3, -0.25) is 0 Å². The minimum atomic E-state index is 0.0311. The monoisotopic (exact) mass is 230 g/mol. The molecule has 0 nitrogen and oxygen atoms in total. The highest BCUT2D eigenvalue weighted by atomic mass is 35.5. The number of alkyl halides is 1. The van der Waals surface area contributed by atoms with Crippen LogP contribution >= 0.6 is 11.6 Å². The van der Waals surface area contributed by atoms with Crippen molar-refractivity contribution in [1.82, 2.24) is 0 Å². The smallest absolute Gasteiger partial charge is 0.0651 e. The van der Waals surface area contributed by atoms with Crippen LogP contribution in [0, 0.1) is 0 Å². The van der Waals surface area contributed by atoms with Crippen LogP contribution in [0.25, 0.3) is 0 Å². The molecule has 0 saturated heterocycles. The zero-order valence-electron chi connectivity index (χ0n) is 9.31. The van der Waals surface area contributed by atoms with Gasteiger partial charge < -0.3 is 0 Å². The number of rotatable bonds is 3. The standard InChI is InChI=1S/C15H15Cl/c1-12(13-8-4-2-5-9-13)15(16)14-10-6-3-7-11-14/h2-12,15H,1H3/t12-,15+/m1/s1. The lowest BCUT2D eigenvalue weighted by atomic mass is 9.93. The summed E-state index contributed by atoms with van der Waals surface area (Å²) in [6, 6.07) is 20.6. The Balaban J connectivity index is 2.20. The Morgan fingerprint density at radius 1 is 0.750 bits per heavy atom. The van der Waals surface area contributed by atoms with Crippen LogP contribution in [0.4, 0.5) is 0 Å². The first-order valence-corrected chi connectivity index (χ1v) is 5.96. The normalized spacial score (nSPS) is 14.4. The third-order valence-corrected chi connectivity index (χ3v) is 3.51. The second-order valence-electron chi connectivity index (χ2n) is 4.01. The molecule has 0 amide bonds. The molecule has 2 aromatic rings. The molecule has 2 aromatic carbocycles. The van der Waals surface area contributed by atoms with Crippen molar-refractivity contribution < 1.29 is 0 Å². The molecule has 0 aliphatic heterocycles. The molecule has 0 radical (unpaired) electrons. The Bertz CT molecular complexity index is 378. The van der Waals surface area contributed by atoms with Crippen molar-refractivity contribution in [3.05, 3.63) is 71.8 Å². The fourth-order valence-electron chi connectivity index (χ4n) is 1.85. The van der Waals surface area contributed by atoms with Gasteiger partial charge in [-0.25, -0.2) is 0 Å². The molecular formula is C15H15Cl. The highest BCUT2D eigenvalue weighted by Crippen LogP contribution is 2.35. The largest absolute Gasteiger partial charge is 0.117 e. The van der Waals surface area contributed by atoms with Crippen molar-refractivity contribution in [1.29, 1.82) is 0 Å². The van der Waals surface area contributed by atoms with Gasteiger partial charge >= 0.3 is 0 Å². The van der Waals surface area contributed by atoms with Gasteiger partial charge in [-0.2, -0.15) is 0 Å². The van der Waals surface area contributed by atoms with E-state index in [2.05, 4.69) is 43.3 Å². The first-order valence-electron chi connectivity index (χ1n) is 5.53. The number of hydrogen-bond acceptors (Lipinski definition) is 0. The molecule has 2 rings (SSSR count). The summed E-state index contributed by atoms with van der Waals surface area (Å²) in [5, 5.41) is 0.0311. The molecule has 0 N–H and O–H groups in total. The van der Waals surface area contributed by atoms with E-state index in [1.165, 1.54) is 11.1 Å². The van der Waals surface area contributed by atoms with Gasteiger partial charge in [0.15, 0.2) is 0 Å². The SMILES string of the molecule is C[C@H](c1ccccc1)[C@H](Cl)c1ccccc1. The average Bonchev–Trinajstić information content (AvgIpc) is 2.39. The molecule has 0 aromatic heterocycles. The van der Waals surface area contributed by atoms with Gasteiger partial charge in [0, 0.05) is 5.92 Å². The maximum atomic E-state index is 6.49. The quantitative estimate of drug-likeness (QED) is 0.667. The topological polar surface area (TPSA) is 0 Å². The third kappa shape index (κ3) is 2.45. The zero-order valence-corrected chi connectivity index (χ0v) is 10.1. The fourth-order valence-corrected chi connectivity index (χ4v) is 2.14. The van der Waals surface area contributed by atoms with Crippen molar-refractivity contribution in [3.8, 4) is 0 Å².